The highest BCUT2D eigenvalue weighted by molar-refractivity contribution is 8.00. The summed E-state index contributed by atoms with van der Waals surface area (Å²) in [5.74, 6) is 1.88. The predicted octanol–water partition coefficient (Wildman–Crippen LogP) is 3.12. The summed E-state index contributed by atoms with van der Waals surface area (Å²) in [6.45, 7) is 3.93. The van der Waals surface area contributed by atoms with Crippen LogP contribution in [-0.4, -0.2) is 27.7 Å². The maximum atomic E-state index is 11.8. The van der Waals surface area contributed by atoms with Crippen LogP contribution in [0.5, 0.6) is 0 Å². The number of fused-ring (bicyclic) bond motifs is 1. The number of carbonyl (C=O) groups excluding carboxylic acids is 1. The standard InChI is InChI=1S/C16H19N3OS/c1-10(2)17-14(20)9-21-16-12-5-3-4-6-13(12)18-15(19-16)11-7-8-11/h3-6,10-11H,7-9H2,1-2H3,(H,17,20). The van der Waals surface area contributed by atoms with Gasteiger partial charge >= 0.3 is 0 Å². The van der Waals surface area contributed by atoms with Crippen molar-refractivity contribution < 1.29 is 4.79 Å². The van der Waals surface area contributed by atoms with Crippen LogP contribution in [0.2, 0.25) is 0 Å². The van der Waals surface area contributed by atoms with Crippen molar-refractivity contribution >= 4 is 28.6 Å². The molecule has 21 heavy (non-hydrogen) atoms. The van der Waals surface area contributed by atoms with Crippen LogP contribution in [0.4, 0.5) is 0 Å². The van der Waals surface area contributed by atoms with Crippen molar-refractivity contribution in [3.8, 4) is 0 Å². The van der Waals surface area contributed by atoms with E-state index in [-0.39, 0.29) is 11.9 Å². The molecular formula is C16H19N3OS. The van der Waals surface area contributed by atoms with Crippen molar-refractivity contribution in [3.05, 3.63) is 30.1 Å². The third-order valence-corrected chi connectivity index (χ3v) is 4.31. The van der Waals surface area contributed by atoms with E-state index in [1.165, 1.54) is 24.6 Å². The smallest absolute Gasteiger partial charge is 0.230 e. The molecule has 0 spiro atoms. The largest absolute Gasteiger partial charge is 0.353 e. The molecule has 1 amide bonds. The van der Waals surface area contributed by atoms with Crippen molar-refractivity contribution in [1.29, 1.82) is 0 Å². The summed E-state index contributed by atoms with van der Waals surface area (Å²) in [5.41, 5.74) is 0.973. The predicted molar refractivity (Wildman–Crippen MR) is 85.5 cm³/mol. The van der Waals surface area contributed by atoms with Crippen molar-refractivity contribution in [1.82, 2.24) is 15.3 Å². The SMILES string of the molecule is CC(C)NC(=O)CSc1nc(C2CC2)nc2ccccc12. The van der Waals surface area contributed by atoms with Crippen LogP contribution in [0.15, 0.2) is 29.3 Å². The van der Waals surface area contributed by atoms with Gasteiger partial charge in [0.1, 0.15) is 10.9 Å². The third kappa shape index (κ3) is 3.53. The van der Waals surface area contributed by atoms with Gasteiger partial charge in [-0.3, -0.25) is 4.79 Å². The maximum absolute atomic E-state index is 11.8. The number of carbonyl (C=O) groups is 1. The first kappa shape index (κ1) is 14.3. The van der Waals surface area contributed by atoms with E-state index in [2.05, 4.69) is 15.3 Å². The van der Waals surface area contributed by atoms with Crippen LogP contribution in [-0.2, 0) is 4.79 Å². The van der Waals surface area contributed by atoms with Crippen LogP contribution in [0.25, 0.3) is 10.9 Å². The Hall–Kier alpha value is -1.62. The summed E-state index contributed by atoms with van der Waals surface area (Å²) < 4.78 is 0. The fourth-order valence-corrected chi connectivity index (χ4v) is 3.03. The zero-order chi connectivity index (χ0) is 14.8. The van der Waals surface area contributed by atoms with Gasteiger partial charge in [0, 0.05) is 17.3 Å². The molecule has 0 radical (unpaired) electrons. The average Bonchev–Trinajstić information content (AvgIpc) is 3.28. The quantitative estimate of drug-likeness (QED) is 0.681. The van der Waals surface area contributed by atoms with Gasteiger partial charge in [0.15, 0.2) is 0 Å². The van der Waals surface area contributed by atoms with Crippen LogP contribution in [0, 0.1) is 0 Å². The van der Waals surface area contributed by atoms with Crippen molar-refractivity contribution in [3.63, 3.8) is 0 Å². The molecule has 110 valence electrons. The summed E-state index contributed by atoms with van der Waals surface area (Å²) in [5, 5.41) is 4.86. The lowest BCUT2D eigenvalue weighted by Gasteiger charge is -2.10. The molecule has 3 rings (SSSR count). The lowest BCUT2D eigenvalue weighted by molar-refractivity contribution is -0.119. The number of amides is 1. The van der Waals surface area contributed by atoms with Gasteiger partial charge < -0.3 is 5.32 Å². The summed E-state index contributed by atoms with van der Waals surface area (Å²) in [6.07, 6.45) is 2.35. The highest BCUT2D eigenvalue weighted by Gasteiger charge is 2.27. The van der Waals surface area contributed by atoms with Gasteiger partial charge in [-0.1, -0.05) is 30.0 Å². The molecule has 1 N–H and O–H groups in total. The second-order valence-electron chi connectivity index (χ2n) is 5.69. The minimum absolute atomic E-state index is 0.0469. The molecule has 0 atom stereocenters. The lowest BCUT2D eigenvalue weighted by Crippen LogP contribution is -2.31. The monoisotopic (exact) mass is 301 g/mol. The molecule has 0 saturated heterocycles. The van der Waals surface area contributed by atoms with E-state index in [1.807, 2.05) is 38.1 Å². The van der Waals surface area contributed by atoms with Gasteiger partial charge in [-0.25, -0.2) is 9.97 Å². The second kappa shape index (κ2) is 6.02. The van der Waals surface area contributed by atoms with E-state index >= 15 is 0 Å². The fraction of sp³-hybridized carbons (Fsp3) is 0.438. The van der Waals surface area contributed by atoms with E-state index in [0.717, 1.165) is 21.8 Å². The number of hydrogen-bond donors (Lipinski definition) is 1. The fourth-order valence-electron chi connectivity index (χ4n) is 2.20. The number of para-hydroxylation sites is 1. The zero-order valence-corrected chi connectivity index (χ0v) is 13.1. The number of hydrogen-bond acceptors (Lipinski definition) is 4. The highest BCUT2D eigenvalue weighted by atomic mass is 32.2. The van der Waals surface area contributed by atoms with Crippen LogP contribution >= 0.6 is 11.8 Å². The summed E-state index contributed by atoms with van der Waals surface area (Å²) in [4.78, 5) is 21.2. The first-order chi connectivity index (χ1) is 10.1. The Morgan fingerprint density at radius 1 is 1.33 bits per heavy atom. The third-order valence-electron chi connectivity index (χ3n) is 3.32. The first-order valence-corrected chi connectivity index (χ1v) is 8.31. The summed E-state index contributed by atoms with van der Waals surface area (Å²) in [6, 6.07) is 8.19. The van der Waals surface area contributed by atoms with Crippen molar-refractivity contribution in [2.75, 3.05) is 5.75 Å². The minimum atomic E-state index is 0.0469. The van der Waals surface area contributed by atoms with Gasteiger partial charge in [0.05, 0.1) is 11.3 Å². The van der Waals surface area contributed by atoms with Gasteiger partial charge in [-0.05, 0) is 32.8 Å². The normalized spacial score (nSPS) is 14.6. The molecule has 1 aromatic carbocycles. The molecule has 1 aromatic heterocycles. The van der Waals surface area contributed by atoms with Gasteiger partial charge in [0.25, 0.3) is 0 Å². The molecule has 4 nitrogen and oxygen atoms in total. The number of nitrogens with one attached hydrogen (secondary N) is 1. The number of nitrogens with zero attached hydrogens (tertiary/aromatic N) is 2. The van der Waals surface area contributed by atoms with Gasteiger partial charge in [0.2, 0.25) is 5.91 Å². The van der Waals surface area contributed by atoms with Gasteiger partial charge in [-0.15, -0.1) is 0 Å². The van der Waals surface area contributed by atoms with E-state index < -0.39 is 0 Å². The van der Waals surface area contributed by atoms with Gasteiger partial charge in [-0.2, -0.15) is 0 Å². The first-order valence-electron chi connectivity index (χ1n) is 7.32. The second-order valence-corrected chi connectivity index (χ2v) is 6.65. The lowest BCUT2D eigenvalue weighted by atomic mass is 10.2. The topological polar surface area (TPSA) is 54.9 Å². The number of aromatic nitrogens is 2. The molecular weight excluding hydrogens is 282 g/mol. The molecule has 1 heterocycles. The molecule has 1 saturated carbocycles. The number of rotatable bonds is 5. The Labute approximate surface area is 128 Å². The number of benzene rings is 1. The van der Waals surface area contributed by atoms with Crippen molar-refractivity contribution in [2.45, 2.75) is 43.7 Å². The Morgan fingerprint density at radius 2 is 2.10 bits per heavy atom. The Bertz CT molecular complexity index is 668. The van der Waals surface area contributed by atoms with Crippen LogP contribution in [0.3, 0.4) is 0 Å². The Kier molecular flexibility index (Phi) is 4.10. The molecule has 1 aliphatic rings. The molecule has 0 bridgehead atoms. The molecule has 1 fully saturated rings. The van der Waals surface area contributed by atoms with Crippen LogP contribution in [0.1, 0.15) is 38.4 Å². The summed E-state index contributed by atoms with van der Waals surface area (Å²) in [7, 11) is 0. The highest BCUT2D eigenvalue weighted by Crippen LogP contribution is 2.39. The minimum Gasteiger partial charge on any atom is -0.353 e. The zero-order valence-electron chi connectivity index (χ0n) is 12.3. The molecule has 0 aliphatic heterocycles. The average molecular weight is 301 g/mol. The molecule has 0 unspecified atom stereocenters. The molecule has 2 aromatic rings. The van der Waals surface area contributed by atoms with Crippen LogP contribution < -0.4 is 5.32 Å². The van der Waals surface area contributed by atoms with E-state index in [4.69, 9.17) is 0 Å². The molecule has 1 aliphatic carbocycles. The maximum Gasteiger partial charge on any atom is 0.230 e. The molecule has 5 heteroatoms. The summed E-state index contributed by atoms with van der Waals surface area (Å²) >= 11 is 1.50. The number of thioether (sulfide) groups is 1. The van der Waals surface area contributed by atoms with E-state index in [9.17, 15) is 4.79 Å². The van der Waals surface area contributed by atoms with E-state index in [1.54, 1.807) is 0 Å². The van der Waals surface area contributed by atoms with Crippen molar-refractivity contribution in [2.24, 2.45) is 0 Å². The van der Waals surface area contributed by atoms with E-state index in [0.29, 0.717) is 11.7 Å². The Balaban J connectivity index is 1.84. The Morgan fingerprint density at radius 3 is 2.81 bits per heavy atom.